The second kappa shape index (κ2) is 7.84. The van der Waals surface area contributed by atoms with Crippen molar-refractivity contribution in [3.05, 3.63) is 34.3 Å². The molecule has 0 bridgehead atoms. The third kappa shape index (κ3) is 5.04. The van der Waals surface area contributed by atoms with Gasteiger partial charge in [0, 0.05) is 29.2 Å². The van der Waals surface area contributed by atoms with Crippen molar-refractivity contribution in [2.75, 3.05) is 18.8 Å². The number of nitrogens with zero attached hydrogens (tertiary/aromatic N) is 1. The molecule has 2 amide bonds. The Kier molecular flexibility index (Phi) is 6.11. The fraction of sp³-hybridized carbons (Fsp3) is 0.467. The average Bonchev–Trinajstić information content (AvgIpc) is 2.49. The van der Waals surface area contributed by atoms with Gasteiger partial charge in [0.25, 0.3) is 0 Å². The predicted octanol–water partition coefficient (Wildman–Crippen LogP) is 2.41. The largest absolute Gasteiger partial charge is 0.369 e. The molecule has 0 radical (unpaired) electrons. The molecule has 1 heterocycles. The van der Waals surface area contributed by atoms with Gasteiger partial charge in [-0.1, -0.05) is 28.1 Å². The Bertz CT molecular complexity index is 499. The van der Waals surface area contributed by atoms with E-state index in [1.807, 2.05) is 17.0 Å². The molecule has 4 nitrogen and oxygen atoms in total. The summed E-state index contributed by atoms with van der Waals surface area (Å²) in [5.41, 5.74) is 6.51. The maximum atomic E-state index is 12.1. The highest BCUT2D eigenvalue weighted by Gasteiger charge is 2.25. The Hall–Kier alpha value is -1.01. The molecule has 0 spiro atoms. The minimum absolute atomic E-state index is 0.0653. The van der Waals surface area contributed by atoms with Crippen LogP contribution in [-0.4, -0.2) is 35.6 Å². The zero-order chi connectivity index (χ0) is 15.2. The van der Waals surface area contributed by atoms with Crippen LogP contribution in [-0.2, 0) is 15.3 Å². The third-order valence-corrected chi connectivity index (χ3v) is 5.17. The van der Waals surface area contributed by atoms with Gasteiger partial charge >= 0.3 is 0 Å². The van der Waals surface area contributed by atoms with E-state index in [2.05, 4.69) is 28.1 Å². The molecule has 1 aliphatic heterocycles. The van der Waals surface area contributed by atoms with Crippen molar-refractivity contribution in [2.24, 2.45) is 11.7 Å². The maximum Gasteiger partial charge on any atom is 0.232 e. The quantitative estimate of drug-likeness (QED) is 0.865. The predicted molar refractivity (Wildman–Crippen MR) is 88.8 cm³/mol. The van der Waals surface area contributed by atoms with E-state index in [0.29, 0.717) is 31.7 Å². The number of carbonyl (C=O) groups is 2. The van der Waals surface area contributed by atoms with Crippen molar-refractivity contribution in [2.45, 2.75) is 18.6 Å². The van der Waals surface area contributed by atoms with Crippen LogP contribution in [0.4, 0.5) is 0 Å². The molecular formula is C15H19BrN2O2S. The Morgan fingerprint density at radius 2 is 1.86 bits per heavy atom. The van der Waals surface area contributed by atoms with Crippen LogP contribution in [0.1, 0.15) is 18.4 Å². The van der Waals surface area contributed by atoms with E-state index >= 15 is 0 Å². The summed E-state index contributed by atoms with van der Waals surface area (Å²) in [4.78, 5) is 25.0. The molecule has 1 saturated heterocycles. The third-order valence-electron chi connectivity index (χ3n) is 3.66. The number of rotatable bonds is 5. The zero-order valence-corrected chi connectivity index (χ0v) is 14.2. The fourth-order valence-electron chi connectivity index (χ4n) is 2.34. The first-order valence-corrected chi connectivity index (χ1v) is 8.90. The van der Waals surface area contributed by atoms with Crippen molar-refractivity contribution < 1.29 is 9.59 Å². The lowest BCUT2D eigenvalue weighted by Crippen LogP contribution is -2.42. The second-order valence-electron chi connectivity index (χ2n) is 5.18. The zero-order valence-electron chi connectivity index (χ0n) is 11.8. The molecule has 0 saturated carbocycles. The van der Waals surface area contributed by atoms with Gasteiger partial charge < -0.3 is 10.6 Å². The molecule has 2 N–H and O–H groups in total. The summed E-state index contributed by atoms with van der Waals surface area (Å²) in [5.74, 6) is 1.16. The van der Waals surface area contributed by atoms with Gasteiger partial charge in [-0.15, -0.1) is 11.8 Å². The smallest absolute Gasteiger partial charge is 0.232 e. The minimum atomic E-state index is -0.244. The SMILES string of the molecule is NC(=O)C1CCN(C(=O)CSCc2ccc(Br)cc2)CC1. The molecule has 1 aromatic rings. The molecule has 2 rings (SSSR count). The molecule has 21 heavy (non-hydrogen) atoms. The molecule has 0 unspecified atom stereocenters. The summed E-state index contributed by atoms with van der Waals surface area (Å²) >= 11 is 5.03. The van der Waals surface area contributed by atoms with Crippen molar-refractivity contribution in [3.63, 3.8) is 0 Å². The number of piperidine rings is 1. The first kappa shape index (κ1) is 16.4. The summed E-state index contributed by atoms with van der Waals surface area (Å²) in [5, 5.41) is 0. The Morgan fingerprint density at radius 3 is 2.43 bits per heavy atom. The van der Waals surface area contributed by atoms with Crippen LogP contribution in [0.2, 0.25) is 0 Å². The molecular weight excluding hydrogens is 352 g/mol. The van der Waals surface area contributed by atoms with Crippen molar-refractivity contribution in [1.29, 1.82) is 0 Å². The fourth-order valence-corrected chi connectivity index (χ4v) is 3.49. The van der Waals surface area contributed by atoms with Gasteiger partial charge in [-0.3, -0.25) is 9.59 Å². The van der Waals surface area contributed by atoms with E-state index in [1.165, 1.54) is 5.56 Å². The summed E-state index contributed by atoms with van der Waals surface area (Å²) in [6.07, 6.45) is 1.39. The molecule has 6 heteroatoms. The number of carbonyl (C=O) groups excluding carboxylic acids is 2. The Labute approximate surface area is 137 Å². The molecule has 1 aliphatic rings. The highest BCUT2D eigenvalue weighted by atomic mass is 79.9. The van der Waals surface area contributed by atoms with Crippen molar-refractivity contribution in [3.8, 4) is 0 Å². The summed E-state index contributed by atoms with van der Waals surface area (Å²) in [6, 6.07) is 8.12. The molecule has 0 aliphatic carbocycles. The first-order valence-electron chi connectivity index (χ1n) is 6.95. The standard InChI is InChI=1S/C15H19BrN2O2S/c16-13-3-1-11(2-4-13)9-21-10-14(19)18-7-5-12(6-8-18)15(17)20/h1-4,12H,5-10H2,(H2,17,20). The summed E-state index contributed by atoms with van der Waals surface area (Å²) in [7, 11) is 0. The van der Waals surface area contributed by atoms with Crippen LogP contribution < -0.4 is 5.73 Å². The molecule has 0 aromatic heterocycles. The number of thioether (sulfide) groups is 1. The van der Waals surface area contributed by atoms with E-state index in [9.17, 15) is 9.59 Å². The van der Waals surface area contributed by atoms with Crippen LogP contribution in [0, 0.1) is 5.92 Å². The van der Waals surface area contributed by atoms with E-state index in [0.717, 1.165) is 10.2 Å². The van der Waals surface area contributed by atoms with Gasteiger partial charge in [-0.25, -0.2) is 0 Å². The van der Waals surface area contributed by atoms with Crippen LogP contribution in [0.15, 0.2) is 28.7 Å². The molecule has 0 atom stereocenters. The van der Waals surface area contributed by atoms with Crippen molar-refractivity contribution in [1.82, 2.24) is 4.90 Å². The van der Waals surface area contributed by atoms with E-state index in [-0.39, 0.29) is 17.7 Å². The number of likely N-dealkylation sites (tertiary alicyclic amines) is 1. The normalized spacial score (nSPS) is 16.0. The number of primary amides is 1. The number of halogens is 1. The van der Waals surface area contributed by atoms with Gasteiger partial charge in [-0.05, 0) is 30.5 Å². The number of benzene rings is 1. The number of amides is 2. The monoisotopic (exact) mass is 370 g/mol. The number of hydrogen-bond acceptors (Lipinski definition) is 3. The van der Waals surface area contributed by atoms with Crippen LogP contribution in [0.5, 0.6) is 0 Å². The first-order chi connectivity index (χ1) is 10.1. The highest BCUT2D eigenvalue weighted by Crippen LogP contribution is 2.19. The van der Waals surface area contributed by atoms with Crippen LogP contribution >= 0.6 is 27.7 Å². The molecule has 1 aromatic carbocycles. The Morgan fingerprint density at radius 1 is 1.24 bits per heavy atom. The van der Waals surface area contributed by atoms with Gasteiger partial charge in [0.05, 0.1) is 5.75 Å². The minimum Gasteiger partial charge on any atom is -0.369 e. The van der Waals surface area contributed by atoms with Gasteiger partial charge in [0.1, 0.15) is 0 Å². The van der Waals surface area contributed by atoms with Gasteiger partial charge in [0.15, 0.2) is 0 Å². The lowest BCUT2D eigenvalue weighted by molar-refractivity contribution is -0.132. The highest BCUT2D eigenvalue weighted by molar-refractivity contribution is 9.10. The van der Waals surface area contributed by atoms with Gasteiger partial charge in [0.2, 0.25) is 11.8 Å². The van der Waals surface area contributed by atoms with E-state index in [4.69, 9.17) is 5.73 Å². The number of hydrogen-bond donors (Lipinski definition) is 1. The average molecular weight is 371 g/mol. The summed E-state index contributed by atoms with van der Waals surface area (Å²) < 4.78 is 1.06. The van der Waals surface area contributed by atoms with E-state index < -0.39 is 0 Å². The lowest BCUT2D eigenvalue weighted by atomic mass is 9.96. The second-order valence-corrected chi connectivity index (χ2v) is 7.08. The van der Waals surface area contributed by atoms with Crippen molar-refractivity contribution >= 4 is 39.5 Å². The lowest BCUT2D eigenvalue weighted by Gasteiger charge is -2.30. The Balaban J connectivity index is 1.70. The maximum absolute atomic E-state index is 12.1. The van der Waals surface area contributed by atoms with E-state index in [1.54, 1.807) is 11.8 Å². The molecule has 114 valence electrons. The van der Waals surface area contributed by atoms with Crippen LogP contribution in [0.3, 0.4) is 0 Å². The topological polar surface area (TPSA) is 63.4 Å². The number of nitrogens with two attached hydrogens (primary N) is 1. The summed E-state index contributed by atoms with van der Waals surface area (Å²) in [6.45, 7) is 1.29. The molecule has 1 fully saturated rings. The van der Waals surface area contributed by atoms with Crippen LogP contribution in [0.25, 0.3) is 0 Å². The van der Waals surface area contributed by atoms with Gasteiger partial charge in [-0.2, -0.15) is 0 Å².